The van der Waals surface area contributed by atoms with Gasteiger partial charge in [-0.2, -0.15) is 0 Å². The number of hydrogen-bond donors (Lipinski definition) is 3. The Morgan fingerprint density at radius 3 is 2.32 bits per heavy atom. The highest BCUT2D eigenvalue weighted by molar-refractivity contribution is 5.96. The highest BCUT2D eigenvalue weighted by atomic mass is 16.5. The van der Waals surface area contributed by atoms with Crippen molar-refractivity contribution in [3.63, 3.8) is 0 Å². The van der Waals surface area contributed by atoms with Gasteiger partial charge in [0.2, 0.25) is 0 Å². The molecule has 0 radical (unpaired) electrons. The number of benzene rings is 4. The highest BCUT2D eigenvalue weighted by Gasteiger charge is 2.18. The lowest BCUT2D eigenvalue weighted by molar-refractivity contribution is -0.142. The molecule has 1 aromatic heterocycles. The molecule has 1 amide bonds. The number of carbonyl (C=O) groups excluding carboxylic acids is 2. The van der Waals surface area contributed by atoms with Crippen LogP contribution in [0.4, 0.5) is 11.4 Å². The van der Waals surface area contributed by atoms with E-state index in [1.54, 1.807) is 13.0 Å². The average molecular weight is 673 g/mol. The fourth-order valence-corrected chi connectivity index (χ4v) is 6.14. The molecule has 9 heteroatoms. The molecular weight excluding hydrogens is 628 g/mol. The zero-order valence-electron chi connectivity index (χ0n) is 28.8. The Kier molecular flexibility index (Phi) is 12.3. The van der Waals surface area contributed by atoms with Gasteiger partial charge >= 0.3 is 11.9 Å². The van der Waals surface area contributed by atoms with Crippen molar-refractivity contribution in [2.24, 2.45) is 0 Å². The van der Waals surface area contributed by atoms with Gasteiger partial charge in [-0.25, -0.2) is 0 Å². The summed E-state index contributed by atoms with van der Waals surface area (Å²) in [5.41, 5.74) is 7.69. The van der Waals surface area contributed by atoms with E-state index in [4.69, 9.17) is 4.74 Å². The average Bonchev–Trinajstić information content (AvgIpc) is 3.09. The van der Waals surface area contributed by atoms with Crippen molar-refractivity contribution in [1.29, 1.82) is 0 Å². The number of aliphatic carboxylic acids is 1. The summed E-state index contributed by atoms with van der Waals surface area (Å²) in [6, 6.07) is 32.9. The molecule has 0 aliphatic rings. The van der Waals surface area contributed by atoms with Gasteiger partial charge in [0.05, 0.1) is 24.5 Å². The minimum absolute atomic E-state index is 0.185. The number of nitrogens with zero attached hydrogens (tertiary/aromatic N) is 2. The van der Waals surface area contributed by atoms with Crippen molar-refractivity contribution in [2.75, 3.05) is 25.0 Å². The van der Waals surface area contributed by atoms with E-state index in [9.17, 15) is 19.5 Å². The number of hydrogen-bond acceptors (Lipinski definition) is 7. The maximum Gasteiger partial charge on any atom is 0.310 e. The van der Waals surface area contributed by atoms with Gasteiger partial charge in [-0.05, 0) is 72.9 Å². The number of fused-ring (bicyclic) bond motifs is 1. The third-order valence-corrected chi connectivity index (χ3v) is 8.48. The minimum atomic E-state index is -0.842. The van der Waals surface area contributed by atoms with E-state index in [0.29, 0.717) is 44.8 Å². The van der Waals surface area contributed by atoms with Crippen LogP contribution in [0.5, 0.6) is 0 Å². The quantitative estimate of drug-likeness (QED) is 0.0928. The Morgan fingerprint density at radius 1 is 0.840 bits per heavy atom. The van der Waals surface area contributed by atoms with Crippen LogP contribution in [0, 0.1) is 6.92 Å². The van der Waals surface area contributed by atoms with E-state index in [-0.39, 0.29) is 18.3 Å². The molecule has 1 heterocycles. The Hall–Kier alpha value is -5.54. The summed E-state index contributed by atoms with van der Waals surface area (Å²) in [4.78, 5) is 44.2. The summed E-state index contributed by atoms with van der Waals surface area (Å²) < 4.78 is 5.14. The standard InChI is InChI=1S/C41H44N4O5/c1-4-35(41(48)49)32-14-9-13-31(23-32)27-45(26-30-12-8-11-29(22-30)24-39(46)50-5-2)20-19-42-40(47)33-15-10-16-34(25-33)44-38-21-28(3)43-37-18-7-6-17-36(37)38/h6-18,21-23,25,35H,4-5,19-20,24,26-27H2,1-3H3,(H,42,47)(H,43,44)(H,48,49). The monoisotopic (exact) mass is 672 g/mol. The molecule has 50 heavy (non-hydrogen) atoms. The SMILES string of the molecule is CCOC(=O)Cc1cccc(CN(CCNC(=O)c2cccc(Nc3cc(C)nc4ccccc34)c2)Cc2cccc(C(CC)C(=O)O)c2)c1. The molecule has 0 saturated heterocycles. The molecule has 0 aliphatic heterocycles. The van der Waals surface area contributed by atoms with E-state index >= 15 is 0 Å². The van der Waals surface area contributed by atoms with Crippen molar-refractivity contribution in [1.82, 2.24) is 15.2 Å². The molecule has 5 aromatic rings. The summed E-state index contributed by atoms with van der Waals surface area (Å²) >= 11 is 0. The molecule has 1 atom stereocenters. The van der Waals surface area contributed by atoms with Crippen LogP contribution in [0.3, 0.4) is 0 Å². The van der Waals surface area contributed by atoms with Gasteiger partial charge in [-0.1, -0.05) is 79.7 Å². The largest absolute Gasteiger partial charge is 0.481 e. The highest BCUT2D eigenvalue weighted by Crippen LogP contribution is 2.27. The smallest absolute Gasteiger partial charge is 0.310 e. The van der Waals surface area contributed by atoms with Crippen LogP contribution in [0.2, 0.25) is 0 Å². The molecule has 0 spiro atoms. The van der Waals surface area contributed by atoms with Crippen molar-refractivity contribution < 1.29 is 24.2 Å². The first-order chi connectivity index (χ1) is 24.2. The number of nitrogens with one attached hydrogen (secondary N) is 2. The number of para-hydroxylation sites is 1. The summed E-state index contributed by atoms with van der Waals surface area (Å²) in [6.07, 6.45) is 0.690. The van der Waals surface area contributed by atoms with E-state index in [1.165, 1.54) is 0 Å². The molecule has 0 bridgehead atoms. The van der Waals surface area contributed by atoms with Crippen molar-refractivity contribution in [3.8, 4) is 0 Å². The molecule has 0 aliphatic carbocycles. The summed E-state index contributed by atoms with van der Waals surface area (Å²) in [7, 11) is 0. The van der Waals surface area contributed by atoms with E-state index in [0.717, 1.165) is 50.2 Å². The third kappa shape index (κ3) is 9.76. The van der Waals surface area contributed by atoms with Gasteiger partial charge < -0.3 is 20.5 Å². The lowest BCUT2D eigenvalue weighted by Crippen LogP contribution is -2.34. The molecule has 1 unspecified atom stereocenters. The van der Waals surface area contributed by atoms with Gasteiger partial charge in [-0.3, -0.25) is 24.3 Å². The fourth-order valence-electron chi connectivity index (χ4n) is 6.14. The Labute approximate surface area is 293 Å². The zero-order chi connectivity index (χ0) is 35.5. The zero-order valence-corrected chi connectivity index (χ0v) is 28.8. The molecule has 5 rings (SSSR count). The molecular formula is C41H44N4O5. The maximum absolute atomic E-state index is 13.4. The Morgan fingerprint density at radius 2 is 1.56 bits per heavy atom. The van der Waals surface area contributed by atoms with Gasteiger partial charge in [0.25, 0.3) is 5.91 Å². The number of aromatic nitrogens is 1. The second-order valence-electron chi connectivity index (χ2n) is 12.3. The van der Waals surface area contributed by atoms with Gasteiger partial charge in [0.1, 0.15) is 0 Å². The number of aryl methyl sites for hydroxylation is 1. The number of carbonyl (C=O) groups is 3. The topological polar surface area (TPSA) is 121 Å². The predicted octanol–water partition coefficient (Wildman–Crippen LogP) is 7.40. The molecule has 258 valence electrons. The first-order valence-corrected chi connectivity index (χ1v) is 17.0. The molecule has 9 nitrogen and oxygen atoms in total. The lowest BCUT2D eigenvalue weighted by atomic mass is 9.95. The molecule has 4 aromatic carbocycles. The van der Waals surface area contributed by atoms with Crippen LogP contribution >= 0.6 is 0 Å². The second-order valence-corrected chi connectivity index (χ2v) is 12.3. The number of carboxylic acid groups (broad SMARTS) is 1. The second kappa shape index (κ2) is 17.2. The maximum atomic E-state index is 13.4. The molecule has 0 saturated carbocycles. The number of esters is 1. The molecule has 3 N–H and O–H groups in total. The number of pyridine rings is 1. The predicted molar refractivity (Wildman–Crippen MR) is 197 cm³/mol. The normalized spacial score (nSPS) is 11.7. The van der Waals surface area contributed by atoms with Crippen LogP contribution in [-0.2, 0) is 33.8 Å². The Balaban J connectivity index is 1.29. The number of anilines is 2. The summed E-state index contributed by atoms with van der Waals surface area (Å²) in [5.74, 6) is -1.87. The minimum Gasteiger partial charge on any atom is -0.481 e. The number of ether oxygens (including phenoxy) is 1. The lowest BCUT2D eigenvalue weighted by Gasteiger charge is -2.24. The van der Waals surface area contributed by atoms with Crippen LogP contribution in [-0.4, -0.2) is 52.5 Å². The van der Waals surface area contributed by atoms with Crippen LogP contribution < -0.4 is 10.6 Å². The number of carboxylic acids is 1. The first kappa shape index (κ1) is 35.8. The van der Waals surface area contributed by atoms with E-state index < -0.39 is 11.9 Å². The van der Waals surface area contributed by atoms with Crippen molar-refractivity contribution in [3.05, 3.63) is 137 Å². The van der Waals surface area contributed by atoms with Crippen molar-refractivity contribution in [2.45, 2.75) is 52.6 Å². The van der Waals surface area contributed by atoms with Crippen LogP contribution in [0.25, 0.3) is 10.9 Å². The summed E-state index contributed by atoms with van der Waals surface area (Å²) in [6.45, 7) is 7.98. The van der Waals surface area contributed by atoms with Gasteiger partial charge in [0.15, 0.2) is 0 Å². The fraction of sp³-hybridized carbons (Fsp3) is 0.268. The van der Waals surface area contributed by atoms with Crippen LogP contribution in [0.15, 0.2) is 103 Å². The van der Waals surface area contributed by atoms with E-state index in [2.05, 4.69) is 20.5 Å². The number of amides is 1. The third-order valence-electron chi connectivity index (χ3n) is 8.48. The van der Waals surface area contributed by atoms with Gasteiger partial charge in [-0.15, -0.1) is 0 Å². The summed E-state index contributed by atoms with van der Waals surface area (Å²) in [5, 5.41) is 17.3. The van der Waals surface area contributed by atoms with Crippen molar-refractivity contribution >= 4 is 40.1 Å². The Bertz CT molecular complexity index is 1960. The van der Waals surface area contributed by atoms with Crippen LogP contribution in [0.1, 0.15) is 64.5 Å². The molecule has 0 fully saturated rings. The van der Waals surface area contributed by atoms with Gasteiger partial charge in [0, 0.05) is 54.2 Å². The number of rotatable bonds is 16. The van der Waals surface area contributed by atoms with E-state index in [1.807, 2.05) is 111 Å². The first-order valence-electron chi connectivity index (χ1n) is 17.0.